The van der Waals surface area contributed by atoms with E-state index in [9.17, 15) is 27.2 Å². The molecule has 0 unspecified atom stereocenters. The van der Waals surface area contributed by atoms with Crippen LogP contribution in [0.4, 0.5) is 23.2 Å². The van der Waals surface area contributed by atoms with Crippen LogP contribution in [0.5, 0.6) is 5.75 Å². The number of carbonyl (C=O) groups is 2. The van der Waals surface area contributed by atoms with Gasteiger partial charge in [-0.1, -0.05) is 22.4 Å². The van der Waals surface area contributed by atoms with Crippen molar-refractivity contribution in [2.75, 3.05) is 12.4 Å². The average molecular weight is 529 g/mol. The molecule has 2 N–H and O–H groups in total. The number of hydrogen-bond donors (Lipinski definition) is 2. The van der Waals surface area contributed by atoms with Crippen LogP contribution in [-0.2, 0) is 11.0 Å². The van der Waals surface area contributed by atoms with Crippen LogP contribution in [0.3, 0.4) is 0 Å². The minimum absolute atomic E-state index is 0.0299. The molecule has 2 aromatic carbocycles. The van der Waals surface area contributed by atoms with Gasteiger partial charge in [0.05, 0.1) is 24.2 Å². The summed E-state index contributed by atoms with van der Waals surface area (Å²) in [7, 11) is 1.45. The lowest BCUT2D eigenvalue weighted by molar-refractivity contribution is -0.140. The summed E-state index contributed by atoms with van der Waals surface area (Å²) in [5.41, 5.74) is -1.28. The summed E-state index contributed by atoms with van der Waals surface area (Å²) in [5.74, 6) is -2.38. The summed E-state index contributed by atoms with van der Waals surface area (Å²) < 4.78 is 58.6. The summed E-state index contributed by atoms with van der Waals surface area (Å²) in [4.78, 5) is 26.0. The predicted molar refractivity (Wildman–Crippen MR) is 116 cm³/mol. The van der Waals surface area contributed by atoms with E-state index in [1.165, 1.54) is 7.11 Å². The van der Waals surface area contributed by atoms with E-state index < -0.39 is 41.3 Å². The molecule has 2 saturated carbocycles. The van der Waals surface area contributed by atoms with Gasteiger partial charge >= 0.3 is 6.18 Å². The van der Waals surface area contributed by atoms with Gasteiger partial charge in [0.25, 0.3) is 5.91 Å². The lowest BCUT2D eigenvalue weighted by Crippen LogP contribution is -2.61. The van der Waals surface area contributed by atoms with Crippen LogP contribution in [0.25, 0.3) is 0 Å². The Morgan fingerprint density at radius 1 is 1.09 bits per heavy atom. The number of hydrogen-bond acceptors (Lipinski definition) is 3. The van der Waals surface area contributed by atoms with Crippen LogP contribution in [0.15, 0.2) is 40.9 Å². The molecule has 0 heterocycles. The average Bonchev–Trinajstić information content (AvgIpc) is 3.15. The lowest BCUT2D eigenvalue weighted by atomic mass is 9.61. The molecule has 0 bridgehead atoms. The standard InChI is InChI=1S/C23H21BrF4N2O3/c1-33-18-8-5-11(24)9-15(18)21(31)30-20-14-4-2-3-13(14)19(20)22(32)29-12-6-7-17(25)16(10-12)23(26,27)28/h5-10,13-14,19-20H,2-4H2,1H3,(H,29,32)(H,30,31)/t13-,14+,19+,20-/m0/s1. The van der Waals surface area contributed by atoms with Gasteiger partial charge in [0, 0.05) is 16.2 Å². The number of methoxy groups -OCH3 is 1. The van der Waals surface area contributed by atoms with Crippen molar-refractivity contribution >= 4 is 33.4 Å². The largest absolute Gasteiger partial charge is 0.496 e. The van der Waals surface area contributed by atoms with Crippen molar-refractivity contribution in [1.29, 1.82) is 0 Å². The second-order valence-electron chi connectivity index (χ2n) is 8.31. The first kappa shape index (κ1) is 23.5. The zero-order valence-corrected chi connectivity index (χ0v) is 19.1. The van der Waals surface area contributed by atoms with Gasteiger partial charge in [0.2, 0.25) is 5.91 Å². The van der Waals surface area contributed by atoms with Crippen LogP contribution in [0.1, 0.15) is 35.2 Å². The summed E-state index contributed by atoms with van der Waals surface area (Å²) in [6.07, 6.45) is -2.33. The monoisotopic (exact) mass is 528 g/mol. The molecule has 0 spiro atoms. The lowest BCUT2D eigenvalue weighted by Gasteiger charge is -2.48. The maximum absolute atomic E-state index is 13.6. The van der Waals surface area contributed by atoms with E-state index in [-0.39, 0.29) is 17.5 Å². The highest BCUT2D eigenvalue weighted by molar-refractivity contribution is 9.10. The maximum Gasteiger partial charge on any atom is 0.419 e. The summed E-state index contributed by atoms with van der Waals surface area (Å²) in [6.45, 7) is 0. The molecular weight excluding hydrogens is 508 g/mol. The molecule has 10 heteroatoms. The number of rotatable bonds is 5. The number of ether oxygens (including phenoxy) is 1. The molecule has 2 aliphatic carbocycles. The van der Waals surface area contributed by atoms with Crippen LogP contribution < -0.4 is 15.4 Å². The highest BCUT2D eigenvalue weighted by Crippen LogP contribution is 2.52. The first-order valence-corrected chi connectivity index (χ1v) is 11.2. The fourth-order valence-electron chi connectivity index (χ4n) is 4.98. The zero-order chi connectivity index (χ0) is 23.9. The Kier molecular flexibility index (Phi) is 6.39. The first-order chi connectivity index (χ1) is 15.6. The van der Waals surface area contributed by atoms with Crippen LogP contribution >= 0.6 is 15.9 Å². The van der Waals surface area contributed by atoms with Gasteiger partial charge in [-0.05, 0) is 61.1 Å². The summed E-state index contributed by atoms with van der Waals surface area (Å²) in [5, 5.41) is 5.41. The van der Waals surface area contributed by atoms with E-state index in [1.54, 1.807) is 18.2 Å². The molecule has 0 aromatic heterocycles. The van der Waals surface area contributed by atoms with Gasteiger partial charge < -0.3 is 15.4 Å². The molecule has 5 nitrogen and oxygen atoms in total. The minimum Gasteiger partial charge on any atom is -0.496 e. The number of amides is 2. The quantitative estimate of drug-likeness (QED) is 0.510. The number of fused-ring (bicyclic) bond motifs is 1. The molecule has 4 rings (SSSR count). The van der Waals surface area contributed by atoms with E-state index in [2.05, 4.69) is 26.6 Å². The Bertz CT molecular complexity index is 1090. The molecule has 0 aliphatic heterocycles. The number of anilines is 1. The number of benzene rings is 2. The molecular formula is C23H21BrF4N2O3. The van der Waals surface area contributed by atoms with Crippen molar-refractivity contribution in [3.8, 4) is 5.75 Å². The highest BCUT2D eigenvalue weighted by Gasteiger charge is 2.56. The smallest absolute Gasteiger partial charge is 0.419 e. The Labute approximate surface area is 196 Å². The summed E-state index contributed by atoms with van der Waals surface area (Å²) >= 11 is 3.33. The second-order valence-corrected chi connectivity index (χ2v) is 9.23. The van der Waals surface area contributed by atoms with Gasteiger partial charge in [-0.3, -0.25) is 9.59 Å². The fraction of sp³-hybridized carbons (Fsp3) is 0.391. The Morgan fingerprint density at radius 2 is 1.82 bits per heavy atom. The van der Waals surface area contributed by atoms with Gasteiger partial charge in [-0.2, -0.15) is 13.2 Å². The third kappa shape index (κ3) is 4.58. The number of halogens is 5. The topological polar surface area (TPSA) is 67.4 Å². The third-order valence-corrected chi connectivity index (χ3v) is 6.97. The molecule has 0 saturated heterocycles. The molecule has 0 radical (unpaired) electrons. The molecule has 2 aromatic rings. The second kappa shape index (κ2) is 8.96. The Morgan fingerprint density at radius 3 is 2.52 bits per heavy atom. The van der Waals surface area contributed by atoms with Crippen molar-refractivity contribution in [1.82, 2.24) is 5.32 Å². The number of nitrogens with one attached hydrogen (secondary N) is 2. The van der Waals surface area contributed by atoms with Crippen molar-refractivity contribution < 1.29 is 31.9 Å². The van der Waals surface area contributed by atoms with E-state index >= 15 is 0 Å². The molecule has 2 amide bonds. The third-order valence-electron chi connectivity index (χ3n) is 6.48. The number of alkyl halides is 3. The Balaban J connectivity index is 1.53. The van der Waals surface area contributed by atoms with Crippen LogP contribution in [-0.4, -0.2) is 25.0 Å². The molecule has 176 valence electrons. The van der Waals surface area contributed by atoms with Gasteiger partial charge in [0.1, 0.15) is 11.6 Å². The van der Waals surface area contributed by atoms with E-state index in [0.717, 1.165) is 25.3 Å². The molecule has 4 atom stereocenters. The SMILES string of the molecule is COc1ccc(Br)cc1C(=O)N[C@H]1[C@@H]2CCC[C@@H]2[C@H]1C(=O)Nc1ccc(F)c(C(F)(F)F)c1. The van der Waals surface area contributed by atoms with Crippen molar-refractivity contribution in [2.45, 2.75) is 31.5 Å². The van der Waals surface area contributed by atoms with Crippen LogP contribution in [0, 0.1) is 23.6 Å². The molecule has 2 aliphatic rings. The van der Waals surface area contributed by atoms with Crippen molar-refractivity contribution in [3.63, 3.8) is 0 Å². The maximum atomic E-state index is 13.6. The van der Waals surface area contributed by atoms with Crippen molar-refractivity contribution in [2.24, 2.45) is 17.8 Å². The molecule has 2 fully saturated rings. The van der Waals surface area contributed by atoms with Crippen LogP contribution in [0.2, 0.25) is 0 Å². The van der Waals surface area contributed by atoms with Crippen molar-refractivity contribution in [3.05, 3.63) is 57.8 Å². The first-order valence-electron chi connectivity index (χ1n) is 10.4. The predicted octanol–water partition coefficient (Wildman–Crippen LogP) is 5.40. The van der Waals surface area contributed by atoms with E-state index in [0.29, 0.717) is 27.9 Å². The zero-order valence-electron chi connectivity index (χ0n) is 17.5. The highest BCUT2D eigenvalue weighted by atomic mass is 79.9. The van der Waals surface area contributed by atoms with E-state index in [4.69, 9.17) is 4.74 Å². The van der Waals surface area contributed by atoms with Gasteiger partial charge in [-0.25, -0.2) is 4.39 Å². The van der Waals surface area contributed by atoms with E-state index in [1.807, 2.05) is 0 Å². The Hall–Kier alpha value is -2.62. The fourth-order valence-corrected chi connectivity index (χ4v) is 5.34. The minimum atomic E-state index is -4.88. The normalized spacial score (nSPS) is 23.9. The number of carbonyl (C=O) groups excluding carboxylic acids is 2. The van der Waals surface area contributed by atoms with Gasteiger partial charge in [-0.15, -0.1) is 0 Å². The summed E-state index contributed by atoms with van der Waals surface area (Å²) in [6, 6.07) is 6.89. The molecule has 33 heavy (non-hydrogen) atoms. The van der Waals surface area contributed by atoms with Gasteiger partial charge in [0.15, 0.2) is 0 Å².